The molecule has 2 aromatic rings. The number of rotatable bonds is 1. The molecular formula is C9H7BrFNS. The smallest absolute Gasteiger partial charge is 0.141 e. The molecule has 0 unspecified atom stereocenters. The van der Waals surface area contributed by atoms with Crippen LogP contribution in [0.5, 0.6) is 0 Å². The summed E-state index contributed by atoms with van der Waals surface area (Å²) in [5.74, 6) is -0.186. The standard InChI is InChI=1S/C9H7BrFNS/c10-3-5-1-6-8(12)4-13-9(6)7(11)2-5/h1-2,4H,3,12H2. The highest BCUT2D eigenvalue weighted by atomic mass is 79.9. The molecule has 0 radical (unpaired) electrons. The lowest BCUT2D eigenvalue weighted by Crippen LogP contribution is -1.85. The topological polar surface area (TPSA) is 26.0 Å². The number of hydrogen-bond acceptors (Lipinski definition) is 2. The van der Waals surface area contributed by atoms with E-state index in [0.29, 0.717) is 15.7 Å². The Balaban J connectivity index is 2.80. The Bertz CT molecular complexity index is 452. The maximum atomic E-state index is 13.4. The minimum atomic E-state index is -0.186. The summed E-state index contributed by atoms with van der Waals surface area (Å²) in [6.45, 7) is 0. The van der Waals surface area contributed by atoms with Gasteiger partial charge in [0.2, 0.25) is 0 Å². The van der Waals surface area contributed by atoms with Gasteiger partial charge < -0.3 is 5.73 Å². The first kappa shape index (κ1) is 8.97. The van der Waals surface area contributed by atoms with Crippen LogP contribution >= 0.6 is 27.3 Å². The summed E-state index contributed by atoms with van der Waals surface area (Å²) in [7, 11) is 0. The van der Waals surface area contributed by atoms with Crippen molar-refractivity contribution in [1.82, 2.24) is 0 Å². The first-order valence-corrected chi connectivity index (χ1v) is 5.73. The van der Waals surface area contributed by atoms with Crippen LogP contribution in [0, 0.1) is 5.82 Å². The molecule has 1 aromatic carbocycles. The zero-order valence-corrected chi connectivity index (χ0v) is 9.08. The molecule has 4 heteroatoms. The zero-order chi connectivity index (χ0) is 9.42. The summed E-state index contributed by atoms with van der Waals surface area (Å²) in [5, 5.41) is 3.24. The maximum Gasteiger partial charge on any atom is 0.141 e. The van der Waals surface area contributed by atoms with Crippen LogP contribution in [0.15, 0.2) is 17.5 Å². The molecule has 68 valence electrons. The average molecular weight is 260 g/mol. The third kappa shape index (κ3) is 1.44. The second kappa shape index (κ2) is 3.27. The first-order valence-electron chi connectivity index (χ1n) is 3.73. The van der Waals surface area contributed by atoms with Crippen LogP contribution in [0.3, 0.4) is 0 Å². The number of anilines is 1. The summed E-state index contributed by atoms with van der Waals surface area (Å²) in [6.07, 6.45) is 0. The fourth-order valence-electron chi connectivity index (χ4n) is 1.25. The number of alkyl halides is 1. The van der Waals surface area contributed by atoms with Crippen LogP contribution < -0.4 is 5.73 Å². The summed E-state index contributed by atoms with van der Waals surface area (Å²) in [5.41, 5.74) is 7.26. The van der Waals surface area contributed by atoms with E-state index < -0.39 is 0 Å². The van der Waals surface area contributed by atoms with Gasteiger partial charge in [-0.05, 0) is 17.7 Å². The summed E-state index contributed by atoms with van der Waals surface area (Å²) >= 11 is 4.63. The van der Waals surface area contributed by atoms with Crippen LogP contribution in [0.1, 0.15) is 5.56 Å². The quantitative estimate of drug-likeness (QED) is 0.780. The SMILES string of the molecule is Nc1csc2c(F)cc(CBr)cc12. The number of thiophene rings is 1. The van der Waals surface area contributed by atoms with Crippen LogP contribution in [-0.2, 0) is 5.33 Å². The van der Waals surface area contributed by atoms with Crippen LogP contribution in [0.2, 0.25) is 0 Å². The molecule has 13 heavy (non-hydrogen) atoms. The van der Waals surface area contributed by atoms with Crippen molar-refractivity contribution in [2.75, 3.05) is 5.73 Å². The van der Waals surface area contributed by atoms with E-state index in [9.17, 15) is 4.39 Å². The second-order valence-electron chi connectivity index (χ2n) is 2.78. The summed E-state index contributed by atoms with van der Waals surface area (Å²) < 4.78 is 14.0. The Morgan fingerprint density at radius 1 is 1.46 bits per heavy atom. The predicted octanol–water partition coefficient (Wildman–Crippen LogP) is 3.52. The van der Waals surface area contributed by atoms with Crippen LogP contribution in [-0.4, -0.2) is 0 Å². The Labute approximate surface area is 87.5 Å². The Kier molecular flexibility index (Phi) is 2.26. The molecule has 1 nitrogen and oxygen atoms in total. The van der Waals surface area contributed by atoms with Crippen molar-refractivity contribution in [1.29, 1.82) is 0 Å². The van der Waals surface area contributed by atoms with Gasteiger partial charge in [-0.1, -0.05) is 15.9 Å². The number of nitrogen functional groups attached to an aromatic ring is 1. The Morgan fingerprint density at radius 2 is 2.23 bits per heavy atom. The lowest BCUT2D eigenvalue weighted by atomic mass is 10.1. The minimum Gasteiger partial charge on any atom is -0.398 e. The van der Waals surface area contributed by atoms with Crippen molar-refractivity contribution in [2.45, 2.75) is 5.33 Å². The highest BCUT2D eigenvalue weighted by Crippen LogP contribution is 2.31. The lowest BCUT2D eigenvalue weighted by Gasteiger charge is -1.98. The molecule has 0 aliphatic carbocycles. The molecule has 0 saturated carbocycles. The number of benzene rings is 1. The first-order chi connectivity index (χ1) is 6.22. The Hall–Kier alpha value is -0.610. The van der Waals surface area contributed by atoms with Gasteiger partial charge >= 0.3 is 0 Å². The highest BCUT2D eigenvalue weighted by molar-refractivity contribution is 9.08. The van der Waals surface area contributed by atoms with Gasteiger partial charge in [-0.15, -0.1) is 11.3 Å². The molecule has 0 aliphatic heterocycles. The second-order valence-corrected chi connectivity index (χ2v) is 4.22. The maximum absolute atomic E-state index is 13.4. The number of halogens is 2. The largest absolute Gasteiger partial charge is 0.398 e. The minimum absolute atomic E-state index is 0.186. The summed E-state index contributed by atoms with van der Waals surface area (Å²) in [6, 6.07) is 3.45. The molecule has 0 fully saturated rings. The van der Waals surface area contributed by atoms with E-state index in [1.807, 2.05) is 6.07 Å². The van der Waals surface area contributed by atoms with Gasteiger partial charge in [-0.2, -0.15) is 0 Å². The number of nitrogens with two attached hydrogens (primary N) is 1. The van der Waals surface area contributed by atoms with Crippen molar-refractivity contribution >= 4 is 43.0 Å². The Morgan fingerprint density at radius 3 is 2.92 bits per heavy atom. The summed E-state index contributed by atoms with van der Waals surface area (Å²) in [4.78, 5) is 0. The van der Waals surface area contributed by atoms with E-state index in [4.69, 9.17) is 5.73 Å². The van der Waals surface area contributed by atoms with Crippen molar-refractivity contribution in [2.24, 2.45) is 0 Å². The van der Waals surface area contributed by atoms with Gasteiger partial charge in [-0.3, -0.25) is 0 Å². The van der Waals surface area contributed by atoms with Crippen molar-refractivity contribution in [3.8, 4) is 0 Å². The molecular weight excluding hydrogens is 253 g/mol. The molecule has 1 aromatic heterocycles. The van der Waals surface area contributed by atoms with Gasteiger partial charge in [0, 0.05) is 16.1 Å². The molecule has 0 aliphatic rings. The fraction of sp³-hybridized carbons (Fsp3) is 0.111. The third-order valence-electron chi connectivity index (χ3n) is 1.87. The molecule has 0 spiro atoms. The van der Waals surface area contributed by atoms with Crippen LogP contribution in [0.25, 0.3) is 10.1 Å². The molecule has 2 N–H and O–H groups in total. The van der Waals surface area contributed by atoms with E-state index in [1.165, 1.54) is 17.4 Å². The van der Waals surface area contributed by atoms with Gasteiger partial charge in [0.1, 0.15) is 5.82 Å². The van der Waals surface area contributed by atoms with Crippen LogP contribution in [0.4, 0.5) is 10.1 Å². The lowest BCUT2D eigenvalue weighted by molar-refractivity contribution is 0.640. The molecule has 0 amide bonds. The van der Waals surface area contributed by atoms with Crippen molar-refractivity contribution in [3.05, 3.63) is 28.9 Å². The monoisotopic (exact) mass is 259 g/mol. The third-order valence-corrected chi connectivity index (χ3v) is 3.54. The van der Waals surface area contributed by atoms with Gasteiger partial charge in [0.05, 0.1) is 10.4 Å². The van der Waals surface area contributed by atoms with E-state index in [0.717, 1.165) is 10.9 Å². The van der Waals surface area contributed by atoms with Gasteiger partial charge in [0.25, 0.3) is 0 Å². The van der Waals surface area contributed by atoms with Crippen molar-refractivity contribution in [3.63, 3.8) is 0 Å². The zero-order valence-electron chi connectivity index (χ0n) is 6.68. The van der Waals surface area contributed by atoms with Gasteiger partial charge in [0.15, 0.2) is 0 Å². The molecule has 2 rings (SSSR count). The molecule has 0 saturated heterocycles. The normalized spacial score (nSPS) is 10.9. The van der Waals surface area contributed by atoms with Crippen molar-refractivity contribution < 1.29 is 4.39 Å². The fourth-order valence-corrected chi connectivity index (χ4v) is 2.42. The predicted molar refractivity (Wildman–Crippen MR) is 58.8 cm³/mol. The number of hydrogen-bond donors (Lipinski definition) is 1. The average Bonchev–Trinajstić information content (AvgIpc) is 2.48. The highest BCUT2D eigenvalue weighted by Gasteiger charge is 2.07. The van der Waals surface area contributed by atoms with E-state index in [-0.39, 0.29) is 5.82 Å². The van der Waals surface area contributed by atoms with Gasteiger partial charge in [-0.25, -0.2) is 4.39 Å². The molecule has 1 heterocycles. The van der Waals surface area contributed by atoms with E-state index in [2.05, 4.69) is 15.9 Å². The number of fused-ring (bicyclic) bond motifs is 1. The van der Waals surface area contributed by atoms with E-state index >= 15 is 0 Å². The molecule has 0 atom stereocenters. The van der Waals surface area contributed by atoms with E-state index in [1.54, 1.807) is 5.38 Å². The molecule has 0 bridgehead atoms.